The number of aliphatic imine (C=N–C) groups is 1. The molecule has 0 bridgehead atoms. The van der Waals surface area contributed by atoms with E-state index in [1.807, 2.05) is 0 Å². The Morgan fingerprint density at radius 3 is 2.17 bits per heavy atom. The number of nitrogens with two attached hydrogens (primary N) is 2. The van der Waals surface area contributed by atoms with Crippen molar-refractivity contribution in [2.75, 3.05) is 13.1 Å². The van der Waals surface area contributed by atoms with Gasteiger partial charge in [-0.1, -0.05) is 12.1 Å². The van der Waals surface area contributed by atoms with Gasteiger partial charge in [-0.15, -0.1) is 0 Å². The minimum absolute atomic E-state index is 0.0175. The van der Waals surface area contributed by atoms with Gasteiger partial charge in [-0.25, -0.2) is 4.79 Å². The molecule has 0 radical (unpaired) electrons. The first-order valence-corrected chi connectivity index (χ1v) is 12.9. The Morgan fingerprint density at radius 1 is 0.950 bits per heavy atom. The van der Waals surface area contributed by atoms with Gasteiger partial charge in [0.15, 0.2) is 5.96 Å². The van der Waals surface area contributed by atoms with Crippen LogP contribution in [0.3, 0.4) is 0 Å². The fourth-order valence-corrected chi connectivity index (χ4v) is 4.10. The zero-order chi connectivity index (χ0) is 29.7. The summed E-state index contributed by atoms with van der Waals surface area (Å²) in [5.74, 6) is -4.72. The molecule has 40 heavy (non-hydrogen) atoms. The van der Waals surface area contributed by atoms with Crippen molar-refractivity contribution in [3.8, 4) is 5.75 Å². The number of carboxylic acids is 2. The normalized spacial score (nSPS) is 16.6. The summed E-state index contributed by atoms with van der Waals surface area (Å²) in [7, 11) is 0. The van der Waals surface area contributed by atoms with Crippen molar-refractivity contribution in [2.24, 2.45) is 16.5 Å². The summed E-state index contributed by atoms with van der Waals surface area (Å²) in [6.45, 7) is 0.794. The van der Waals surface area contributed by atoms with Gasteiger partial charge in [-0.05, 0) is 56.3 Å². The number of rotatable bonds is 16. The highest BCUT2D eigenvalue weighted by molar-refractivity contribution is 5.94. The van der Waals surface area contributed by atoms with Crippen LogP contribution in [-0.2, 0) is 30.4 Å². The van der Waals surface area contributed by atoms with E-state index in [2.05, 4.69) is 26.3 Å². The van der Waals surface area contributed by atoms with Crippen LogP contribution in [0.2, 0.25) is 0 Å². The maximum atomic E-state index is 13.4. The number of nitrogens with one attached hydrogen (secondary N) is 4. The van der Waals surface area contributed by atoms with Crippen LogP contribution in [0.1, 0.15) is 44.1 Å². The number of hydrogen-bond donors (Lipinski definition) is 9. The van der Waals surface area contributed by atoms with Crippen molar-refractivity contribution in [3.63, 3.8) is 0 Å². The molecule has 1 aromatic rings. The summed E-state index contributed by atoms with van der Waals surface area (Å²) in [4.78, 5) is 65.6. The zero-order valence-corrected chi connectivity index (χ0v) is 22.0. The second-order valence-corrected chi connectivity index (χ2v) is 9.42. The molecule has 1 aliphatic heterocycles. The van der Waals surface area contributed by atoms with Gasteiger partial charge in [0.2, 0.25) is 17.7 Å². The molecule has 0 spiro atoms. The third-order valence-corrected chi connectivity index (χ3v) is 6.23. The first-order valence-electron chi connectivity index (χ1n) is 12.9. The Kier molecular flexibility index (Phi) is 12.6. The lowest BCUT2D eigenvalue weighted by molar-refractivity contribution is -0.143. The van der Waals surface area contributed by atoms with E-state index in [0.717, 1.165) is 6.42 Å². The number of phenols is 1. The fourth-order valence-electron chi connectivity index (χ4n) is 4.10. The molecule has 1 heterocycles. The number of carbonyl (C=O) groups is 5. The van der Waals surface area contributed by atoms with Gasteiger partial charge >= 0.3 is 11.9 Å². The predicted molar refractivity (Wildman–Crippen MR) is 143 cm³/mol. The largest absolute Gasteiger partial charge is 0.508 e. The summed E-state index contributed by atoms with van der Waals surface area (Å²) in [6, 6.07) is 1.75. The molecule has 15 nitrogen and oxygen atoms in total. The van der Waals surface area contributed by atoms with Gasteiger partial charge in [0.1, 0.15) is 23.9 Å². The van der Waals surface area contributed by atoms with Crippen molar-refractivity contribution in [1.82, 2.24) is 21.3 Å². The highest BCUT2D eigenvalue weighted by atomic mass is 16.4. The van der Waals surface area contributed by atoms with E-state index in [0.29, 0.717) is 18.5 Å². The van der Waals surface area contributed by atoms with E-state index < -0.39 is 54.3 Å². The second kappa shape index (κ2) is 15.9. The van der Waals surface area contributed by atoms with Crippen molar-refractivity contribution in [3.05, 3.63) is 29.8 Å². The number of hydrogen-bond acceptors (Lipinski definition) is 8. The lowest BCUT2D eigenvalue weighted by Gasteiger charge is -2.25. The van der Waals surface area contributed by atoms with Crippen LogP contribution in [-0.4, -0.2) is 88.2 Å². The summed E-state index contributed by atoms with van der Waals surface area (Å²) >= 11 is 0. The molecular formula is C25H37N7O8. The minimum Gasteiger partial charge on any atom is -0.508 e. The minimum atomic E-state index is -1.50. The Bertz CT molecular complexity index is 1070. The second-order valence-electron chi connectivity index (χ2n) is 9.42. The Labute approximate surface area is 230 Å². The lowest BCUT2D eigenvalue weighted by atomic mass is 10.0. The third kappa shape index (κ3) is 11.1. The van der Waals surface area contributed by atoms with Gasteiger partial charge in [0, 0.05) is 19.4 Å². The Balaban J connectivity index is 2.22. The van der Waals surface area contributed by atoms with Crippen molar-refractivity contribution >= 4 is 35.6 Å². The van der Waals surface area contributed by atoms with Gasteiger partial charge < -0.3 is 48.1 Å². The molecule has 11 N–H and O–H groups in total. The molecular weight excluding hydrogens is 526 g/mol. The SMILES string of the molecule is NC(N)=NCCCC(NC(=O)C(Cc1ccc(O)cc1)NC(=O)C1CCCN1)C(=O)NC(CCC(=O)O)C(=O)O. The fraction of sp³-hybridized carbons (Fsp3) is 0.520. The van der Waals surface area contributed by atoms with Gasteiger partial charge in [0.25, 0.3) is 0 Å². The first kappa shape index (κ1) is 31.8. The number of nitrogens with zero attached hydrogens (tertiary/aromatic N) is 1. The molecule has 0 saturated carbocycles. The van der Waals surface area contributed by atoms with E-state index in [1.54, 1.807) is 12.1 Å². The summed E-state index contributed by atoms with van der Waals surface area (Å²) in [5.41, 5.74) is 11.3. The molecule has 220 valence electrons. The van der Waals surface area contributed by atoms with E-state index in [1.165, 1.54) is 12.1 Å². The van der Waals surface area contributed by atoms with Crippen LogP contribution in [0.4, 0.5) is 0 Å². The number of amides is 3. The molecule has 1 aromatic carbocycles. The van der Waals surface area contributed by atoms with E-state index in [-0.39, 0.29) is 49.8 Å². The van der Waals surface area contributed by atoms with E-state index in [9.17, 15) is 34.2 Å². The van der Waals surface area contributed by atoms with Crippen LogP contribution < -0.4 is 32.7 Å². The maximum Gasteiger partial charge on any atom is 0.326 e. The van der Waals surface area contributed by atoms with Crippen molar-refractivity contribution in [2.45, 2.75) is 69.1 Å². The summed E-state index contributed by atoms with van der Waals surface area (Å²) in [6.07, 6.45) is 0.852. The molecule has 1 aliphatic rings. The molecule has 2 rings (SSSR count). The average Bonchev–Trinajstić information content (AvgIpc) is 3.43. The van der Waals surface area contributed by atoms with Gasteiger partial charge in [-0.2, -0.15) is 0 Å². The summed E-state index contributed by atoms with van der Waals surface area (Å²) in [5, 5.41) is 38.6. The average molecular weight is 564 g/mol. The van der Waals surface area contributed by atoms with E-state index in [4.69, 9.17) is 16.6 Å². The number of benzene rings is 1. The molecule has 0 aliphatic carbocycles. The number of phenolic OH excluding ortho intramolecular Hbond substituents is 1. The standard InChI is InChI=1S/C25H37N7O8/c26-25(27)29-12-2-4-17(22(37)31-18(24(39)40)9-10-20(34)35)30-23(38)19(13-14-5-7-15(33)8-6-14)32-21(36)16-3-1-11-28-16/h5-8,16-19,28,33H,1-4,9-13H2,(H,30,38)(H,31,37)(H,32,36)(H,34,35)(H,39,40)(H4,26,27,29). The van der Waals surface area contributed by atoms with Gasteiger partial charge in [0.05, 0.1) is 6.04 Å². The molecule has 4 atom stereocenters. The summed E-state index contributed by atoms with van der Waals surface area (Å²) < 4.78 is 0. The maximum absolute atomic E-state index is 13.4. The highest BCUT2D eigenvalue weighted by Gasteiger charge is 2.31. The third-order valence-electron chi connectivity index (χ3n) is 6.23. The number of carboxylic acid groups (broad SMARTS) is 2. The van der Waals surface area contributed by atoms with Crippen LogP contribution >= 0.6 is 0 Å². The number of aromatic hydroxyl groups is 1. The quantitative estimate of drug-likeness (QED) is 0.0612. The van der Waals surface area contributed by atoms with Crippen LogP contribution in [0, 0.1) is 0 Å². The molecule has 15 heteroatoms. The van der Waals surface area contributed by atoms with Crippen LogP contribution in [0.15, 0.2) is 29.3 Å². The first-order chi connectivity index (χ1) is 19.0. The van der Waals surface area contributed by atoms with E-state index >= 15 is 0 Å². The van der Waals surface area contributed by atoms with Gasteiger partial charge in [-0.3, -0.25) is 24.2 Å². The molecule has 1 fully saturated rings. The predicted octanol–water partition coefficient (Wildman–Crippen LogP) is -1.86. The van der Waals surface area contributed by atoms with Crippen LogP contribution in [0.5, 0.6) is 5.75 Å². The lowest BCUT2D eigenvalue weighted by Crippen LogP contribution is -2.57. The molecule has 0 aromatic heterocycles. The Hall–Kier alpha value is -4.40. The number of guanidine groups is 1. The molecule has 1 saturated heterocycles. The topological polar surface area (TPSA) is 259 Å². The number of aliphatic carboxylic acids is 2. The highest BCUT2D eigenvalue weighted by Crippen LogP contribution is 2.13. The van der Waals surface area contributed by atoms with Crippen molar-refractivity contribution < 1.29 is 39.3 Å². The smallest absolute Gasteiger partial charge is 0.326 e. The Morgan fingerprint density at radius 2 is 1.60 bits per heavy atom. The molecule has 3 amide bonds. The molecule has 4 unspecified atom stereocenters. The van der Waals surface area contributed by atoms with Crippen molar-refractivity contribution in [1.29, 1.82) is 0 Å². The number of carbonyl (C=O) groups excluding carboxylic acids is 3. The monoisotopic (exact) mass is 563 g/mol. The van der Waals surface area contributed by atoms with Crippen LogP contribution in [0.25, 0.3) is 0 Å². The zero-order valence-electron chi connectivity index (χ0n) is 22.0.